The molecule has 0 aliphatic carbocycles. The third-order valence-corrected chi connectivity index (χ3v) is 1.75. The van der Waals surface area contributed by atoms with E-state index in [1.807, 2.05) is 0 Å². The Labute approximate surface area is 92.6 Å². The monoisotopic (exact) mass is 224 g/mol. The maximum absolute atomic E-state index is 11.4. The van der Waals surface area contributed by atoms with E-state index in [2.05, 4.69) is 14.7 Å². The van der Waals surface area contributed by atoms with Gasteiger partial charge in [-0.3, -0.25) is 0 Å². The highest BCUT2D eigenvalue weighted by Gasteiger charge is 2.07. The van der Waals surface area contributed by atoms with Gasteiger partial charge in [0.2, 0.25) is 0 Å². The third kappa shape index (κ3) is 3.16. The Morgan fingerprint density at radius 1 is 1.25 bits per heavy atom. The van der Waals surface area contributed by atoms with Crippen LogP contribution in [0.4, 0.5) is 0 Å². The minimum atomic E-state index is -0.623. The van der Waals surface area contributed by atoms with Crippen LogP contribution in [0.15, 0.2) is 29.4 Å². The second-order valence-electron chi connectivity index (χ2n) is 2.74. The molecule has 1 rings (SSSR count). The molecule has 1 aromatic rings. The van der Waals surface area contributed by atoms with Crippen molar-refractivity contribution in [1.29, 1.82) is 0 Å². The van der Waals surface area contributed by atoms with Gasteiger partial charge in [0.15, 0.2) is 0 Å². The summed E-state index contributed by atoms with van der Waals surface area (Å²) in [6.07, 6.45) is 0. The van der Waals surface area contributed by atoms with Crippen molar-refractivity contribution in [2.45, 2.75) is 0 Å². The largest absolute Gasteiger partial charge is 0.497 e. The molecule has 1 aromatic carbocycles. The number of carbonyl (C=O) groups is 1. The molecule has 0 aromatic heterocycles. The maximum Gasteiger partial charge on any atom is 0.366 e. The predicted molar refractivity (Wildman–Crippen MR) is 57.0 cm³/mol. The minimum absolute atomic E-state index is 0.220. The number of rotatable bonds is 3. The molecule has 0 unspecified atom stereocenters. The molecular formula is C10H12N2O4. The zero-order valence-corrected chi connectivity index (χ0v) is 8.97. The molecule has 0 heterocycles. The molecule has 86 valence electrons. The summed E-state index contributed by atoms with van der Waals surface area (Å²) in [5, 5.41) is 3.25. The van der Waals surface area contributed by atoms with Crippen LogP contribution in [0.3, 0.4) is 0 Å². The molecule has 0 spiro atoms. The zero-order valence-electron chi connectivity index (χ0n) is 8.97. The van der Waals surface area contributed by atoms with E-state index in [1.54, 1.807) is 24.3 Å². The molecule has 0 fully saturated rings. The van der Waals surface area contributed by atoms with E-state index < -0.39 is 5.97 Å². The topological polar surface area (TPSA) is 83.1 Å². The van der Waals surface area contributed by atoms with Gasteiger partial charge >= 0.3 is 12.0 Å². The average molecular weight is 224 g/mol. The summed E-state index contributed by atoms with van der Waals surface area (Å²) in [5.41, 5.74) is 5.52. The van der Waals surface area contributed by atoms with Crippen molar-refractivity contribution in [3.63, 3.8) is 0 Å². The second kappa shape index (κ2) is 5.59. The summed E-state index contributed by atoms with van der Waals surface area (Å²) < 4.78 is 9.45. The Bertz CT molecular complexity index is 386. The lowest BCUT2D eigenvalue weighted by atomic mass is 10.2. The molecule has 0 bridgehead atoms. The molecule has 0 amide bonds. The van der Waals surface area contributed by atoms with Gasteiger partial charge in [0.1, 0.15) is 5.75 Å². The van der Waals surface area contributed by atoms with Crippen LogP contribution >= 0.6 is 0 Å². The molecule has 6 heteroatoms. The van der Waals surface area contributed by atoms with Crippen molar-refractivity contribution in [2.24, 2.45) is 10.9 Å². The van der Waals surface area contributed by atoms with Crippen molar-refractivity contribution in [3.05, 3.63) is 29.8 Å². The van der Waals surface area contributed by atoms with E-state index in [1.165, 1.54) is 14.2 Å². The highest BCUT2D eigenvalue weighted by Crippen LogP contribution is 2.11. The standard InChI is InChI=1S/C10H12N2O4/c1-14-8-5-3-7(4-6-8)9(13)16-12-10(11)15-2/h3-6H,1-2H3,(H2,11,12). The average Bonchev–Trinajstić information content (AvgIpc) is 2.35. The van der Waals surface area contributed by atoms with Crippen molar-refractivity contribution in [1.82, 2.24) is 0 Å². The SMILES string of the molecule is CO/C(N)=N/OC(=O)c1ccc(OC)cc1. The number of oxime groups is 1. The maximum atomic E-state index is 11.4. The molecule has 0 atom stereocenters. The lowest BCUT2D eigenvalue weighted by molar-refractivity contribution is 0.0503. The summed E-state index contributed by atoms with van der Waals surface area (Å²) >= 11 is 0. The lowest BCUT2D eigenvalue weighted by Crippen LogP contribution is -2.15. The summed E-state index contributed by atoms with van der Waals surface area (Å²) in [5.74, 6) is 0.0270. The Morgan fingerprint density at radius 2 is 1.88 bits per heavy atom. The van der Waals surface area contributed by atoms with Gasteiger partial charge in [-0.2, -0.15) is 0 Å². The number of nitrogens with zero attached hydrogens (tertiary/aromatic N) is 1. The normalized spacial score (nSPS) is 10.8. The van der Waals surface area contributed by atoms with E-state index >= 15 is 0 Å². The van der Waals surface area contributed by atoms with Crippen molar-refractivity contribution >= 4 is 12.0 Å². The molecule has 2 N–H and O–H groups in total. The first kappa shape index (κ1) is 11.8. The second-order valence-corrected chi connectivity index (χ2v) is 2.74. The lowest BCUT2D eigenvalue weighted by Gasteiger charge is -2.01. The molecule has 0 aliphatic heterocycles. The number of methoxy groups -OCH3 is 2. The van der Waals surface area contributed by atoms with Gasteiger partial charge in [-0.1, -0.05) is 0 Å². The zero-order chi connectivity index (χ0) is 12.0. The van der Waals surface area contributed by atoms with Gasteiger partial charge in [-0.15, -0.1) is 0 Å². The number of hydrogen-bond donors (Lipinski definition) is 1. The molecule has 0 radical (unpaired) electrons. The Kier molecular flexibility index (Phi) is 4.14. The van der Waals surface area contributed by atoms with Gasteiger partial charge in [0.25, 0.3) is 0 Å². The van der Waals surface area contributed by atoms with Gasteiger partial charge in [0.05, 0.1) is 19.8 Å². The fourth-order valence-corrected chi connectivity index (χ4v) is 0.904. The Hall–Kier alpha value is -2.24. The Balaban J connectivity index is 2.66. The van der Waals surface area contributed by atoms with Crippen LogP contribution in [0, 0.1) is 0 Å². The van der Waals surface area contributed by atoms with Crippen LogP contribution in [0.2, 0.25) is 0 Å². The first-order valence-corrected chi connectivity index (χ1v) is 4.40. The van der Waals surface area contributed by atoms with Gasteiger partial charge in [-0.25, -0.2) is 4.79 Å². The fraction of sp³-hybridized carbons (Fsp3) is 0.200. The highest BCUT2D eigenvalue weighted by atomic mass is 16.7. The molecule has 0 aliphatic rings. The number of nitrogens with two attached hydrogens (primary N) is 1. The van der Waals surface area contributed by atoms with E-state index in [-0.39, 0.29) is 6.02 Å². The molecule has 0 saturated carbocycles. The minimum Gasteiger partial charge on any atom is -0.497 e. The number of amidine groups is 1. The number of benzene rings is 1. The molecule has 16 heavy (non-hydrogen) atoms. The first-order valence-electron chi connectivity index (χ1n) is 4.40. The van der Waals surface area contributed by atoms with Crippen LogP contribution in [-0.4, -0.2) is 26.2 Å². The van der Waals surface area contributed by atoms with Crippen molar-refractivity contribution in [2.75, 3.05) is 14.2 Å². The summed E-state index contributed by atoms with van der Waals surface area (Å²) in [4.78, 5) is 15.9. The first-order chi connectivity index (χ1) is 7.67. The van der Waals surface area contributed by atoms with Crippen LogP contribution in [0.25, 0.3) is 0 Å². The molecule has 6 nitrogen and oxygen atoms in total. The van der Waals surface area contributed by atoms with Gasteiger partial charge < -0.3 is 20.0 Å². The van der Waals surface area contributed by atoms with E-state index in [9.17, 15) is 4.79 Å². The van der Waals surface area contributed by atoms with E-state index in [0.717, 1.165) is 0 Å². The van der Waals surface area contributed by atoms with Crippen molar-refractivity contribution in [3.8, 4) is 5.75 Å². The quantitative estimate of drug-likeness (QED) is 0.354. The molecular weight excluding hydrogens is 212 g/mol. The van der Waals surface area contributed by atoms with Crippen LogP contribution < -0.4 is 10.5 Å². The van der Waals surface area contributed by atoms with Gasteiger partial charge in [-0.05, 0) is 29.4 Å². The number of carbonyl (C=O) groups excluding carboxylic acids is 1. The number of hydrogen-bond acceptors (Lipinski definition) is 5. The third-order valence-electron chi connectivity index (χ3n) is 1.75. The van der Waals surface area contributed by atoms with Crippen LogP contribution in [-0.2, 0) is 9.57 Å². The predicted octanol–water partition coefficient (Wildman–Crippen LogP) is 0.728. The summed E-state index contributed by atoms with van der Waals surface area (Å²) in [6.45, 7) is 0. The number of ether oxygens (including phenoxy) is 2. The highest BCUT2D eigenvalue weighted by molar-refractivity contribution is 5.89. The van der Waals surface area contributed by atoms with Crippen molar-refractivity contribution < 1.29 is 19.1 Å². The summed E-state index contributed by atoms with van der Waals surface area (Å²) in [6, 6.07) is 6.17. The van der Waals surface area contributed by atoms with E-state index in [0.29, 0.717) is 11.3 Å². The smallest absolute Gasteiger partial charge is 0.366 e. The van der Waals surface area contributed by atoms with E-state index in [4.69, 9.17) is 10.5 Å². The van der Waals surface area contributed by atoms with Crippen LogP contribution in [0.5, 0.6) is 5.75 Å². The summed E-state index contributed by atoms with van der Waals surface area (Å²) in [7, 11) is 2.86. The molecule has 0 saturated heterocycles. The fourth-order valence-electron chi connectivity index (χ4n) is 0.904. The Morgan fingerprint density at radius 3 is 2.38 bits per heavy atom. The van der Waals surface area contributed by atoms with Crippen LogP contribution in [0.1, 0.15) is 10.4 Å². The van der Waals surface area contributed by atoms with Gasteiger partial charge in [0, 0.05) is 0 Å².